The summed E-state index contributed by atoms with van der Waals surface area (Å²) in [6.45, 7) is 0.477. The van der Waals surface area contributed by atoms with Gasteiger partial charge in [0.15, 0.2) is 0 Å². The first-order valence-electron chi connectivity index (χ1n) is 5.34. The molecule has 19 heavy (non-hydrogen) atoms. The number of hydrogen-bond acceptors (Lipinski definition) is 4. The van der Waals surface area contributed by atoms with Crippen molar-refractivity contribution in [2.45, 2.75) is 6.54 Å². The molecule has 7 heteroatoms. The van der Waals surface area contributed by atoms with Gasteiger partial charge >= 0.3 is 0 Å². The molecule has 0 amide bonds. The van der Waals surface area contributed by atoms with Gasteiger partial charge in [-0.05, 0) is 11.6 Å². The first-order chi connectivity index (χ1) is 9.08. The van der Waals surface area contributed by atoms with Gasteiger partial charge in [0.25, 0.3) is 5.69 Å². The number of anilines is 1. The van der Waals surface area contributed by atoms with Crippen LogP contribution in [0.25, 0.3) is 0 Å². The molecule has 0 aliphatic carbocycles. The van der Waals surface area contributed by atoms with Gasteiger partial charge in [-0.25, -0.2) is 0 Å². The number of nitro benzene ring substituents is 1. The number of benzene rings is 1. The number of nitrogens with one attached hydrogen (secondary N) is 1. The van der Waals surface area contributed by atoms with E-state index in [9.17, 15) is 10.1 Å². The second-order valence-corrected chi connectivity index (χ2v) is 4.57. The fourth-order valence-corrected chi connectivity index (χ4v) is 2.14. The van der Waals surface area contributed by atoms with Crippen LogP contribution in [0.4, 0.5) is 11.4 Å². The van der Waals surface area contributed by atoms with Crippen LogP contribution in [-0.2, 0) is 6.54 Å². The van der Waals surface area contributed by atoms with Crippen LogP contribution in [0.5, 0.6) is 0 Å². The Balaban J connectivity index is 2.19. The number of pyridine rings is 1. The topological polar surface area (TPSA) is 68.1 Å². The lowest BCUT2D eigenvalue weighted by Crippen LogP contribution is -2.01. The molecule has 1 aromatic carbocycles. The molecular formula is C12H9Cl2N3O2. The molecule has 0 aliphatic heterocycles. The highest BCUT2D eigenvalue weighted by Gasteiger charge is 2.14. The molecule has 0 spiro atoms. The molecule has 0 saturated heterocycles. The molecule has 2 aromatic rings. The Hall–Kier alpha value is -1.85. The van der Waals surface area contributed by atoms with E-state index in [0.29, 0.717) is 12.2 Å². The molecule has 0 saturated carbocycles. The van der Waals surface area contributed by atoms with E-state index in [-0.39, 0.29) is 15.7 Å². The van der Waals surface area contributed by atoms with Gasteiger partial charge in [-0.2, -0.15) is 0 Å². The highest BCUT2D eigenvalue weighted by Crippen LogP contribution is 2.34. The van der Waals surface area contributed by atoms with Crippen molar-refractivity contribution in [3.05, 3.63) is 62.4 Å². The predicted octanol–water partition coefficient (Wildman–Crippen LogP) is 3.91. The van der Waals surface area contributed by atoms with Gasteiger partial charge in [-0.1, -0.05) is 29.3 Å². The Bertz CT molecular complexity index is 582. The number of non-ortho nitro benzene ring substituents is 1. The Morgan fingerprint density at radius 2 is 2.00 bits per heavy atom. The minimum absolute atomic E-state index is 0.137. The summed E-state index contributed by atoms with van der Waals surface area (Å²) < 4.78 is 0. The maximum atomic E-state index is 10.7. The van der Waals surface area contributed by atoms with E-state index in [2.05, 4.69) is 10.3 Å². The molecule has 0 bridgehead atoms. The van der Waals surface area contributed by atoms with Crippen molar-refractivity contribution in [1.82, 2.24) is 4.98 Å². The van der Waals surface area contributed by atoms with Gasteiger partial charge in [0.1, 0.15) is 0 Å². The molecule has 1 N–H and O–H groups in total. The summed E-state index contributed by atoms with van der Waals surface area (Å²) in [7, 11) is 0. The highest BCUT2D eigenvalue weighted by molar-refractivity contribution is 6.39. The van der Waals surface area contributed by atoms with E-state index in [0.717, 1.165) is 5.56 Å². The zero-order valence-electron chi connectivity index (χ0n) is 9.64. The van der Waals surface area contributed by atoms with E-state index >= 15 is 0 Å². The van der Waals surface area contributed by atoms with Crippen LogP contribution in [-0.4, -0.2) is 9.91 Å². The molecule has 0 fully saturated rings. The van der Waals surface area contributed by atoms with Crippen molar-refractivity contribution in [1.29, 1.82) is 0 Å². The minimum Gasteiger partial charge on any atom is -0.378 e. The van der Waals surface area contributed by atoms with Crippen molar-refractivity contribution in [2.24, 2.45) is 0 Å². The third-order valence-corrected chi connectivity index (χ3v) is 3.03. The van der Waals surface area contributed by atoms with E-state index in [4.69, 9.17) is 23.2 Å². The van der Waals surface area contributed by atoms with Crippen LogP contribution in [0, 0.1) is 10.1 Å². The lowest BCUT2D eigenvalue weighted by Gasteiger charge is -2.10. The Labute approximate surface area is 119 Å². The van der Waals surface area contributed by atoms with Gasteiger partial charge in [-0.15, -0.1) is 0 Å². The number of nitrogens with zero attached hydrogens (tertiary/aromatic N) is 2. The fraction of sp³-hybridized carbons (Fsp3) is 0.0833. The summed E-state index contributed by atoms with van der Waals surface area (Å²) in [6, 6.07) is 6.24. The van der Waals surface area contributed by atoms with Crippen molar-refractivity contribution in [2.75, 3.05) is 5.32 Å². The lowest BCUT2D eigenvalue weighted by atomic mass is 10.2. The quantitative estimate of drug-likeness (QED) is 0.686. The summed E-state index contributed by atoms with van der Waals surface area (Å²) in [5.74, 6) is 0. The average molecular weight is 298 g/mol. The van der Waals surface area contributed by atoms with Crippen LogP contribution in [0.15, 0.2) is 36.7 Å². The molecular weight excluding hydrogens is 289 g/mol. The SMILES string of the molecule is O=[N+]([O-])c1cc(Cl)c(NCc2cccnc2)c(Cl)c1. The second kappa shape index (κ2) is 5.86. The molecule has 0 radical (unpaired) electrons. The van der Waals surface area contributed by atoms with Crippen LogP contribution in [0.1, 0.15) is 5.56 Å². The summed E-state index contributed by atoms with van der Waals surface area (Å²) in [6.07, 6.45) is 3.38. The zero-order chi connectivity index (χ0) is 13.8. The first kappa shape index (κ1) is 13.6. The Morgan fingerprint density at radius 1 is 1.32 bits per heavy atom. The van der Waals surface area contributed by atoms with E-state index in [1.807, 2.05) is 12.1 Å². The Morgan fingerprint density at radius 3 is 2.53 bits per heavy atom. The monoisotopic (exact) mass is 297 g/mol. The highest BCUT2D eigenvalue weighted by atomic mass is 35.5. The smallest absolute Gasteiger partial charge is 0.272 e. The molecule has 2 rings (SSSR count). The average Bonchev–Trinajstić information content (AvgIpc) is 2.38. The molecule has 0 atom stereocenters. The normalized spacial score (nSPS) is 10.2. The summed E-state index contributed by atoms with van der Waals surface area (Å²) in [4.78, 5) is 14.1. The number of hydrogen-bond donors (Lipinski definition) is 1. The minimum atomic E-state index is -0.539. The molecule has 1 aromatic heterocycles. The predicted molar refractivity (Wildman–Crippen MR) is 74.7 cm³/mol. The molecule has 98 valence electrons. The van der Waals surface area contributed by atoms with Gasteiger partial charge in [-0.3, -0.25) is 15.1 Å². The number of aromatic nitrogens is 1. The van der Waals surface area contributed by atoms with Gasteiger partial charge < -0.3 is 5.32 Å². The maximum absolute atomic E-state index is 10.7. The van der Waals surface area contributed by atoms with Crippen molar-refractivity contribution in [3.8, 4) is 0 Å². The maximum Gasteiger partial charge on any atom is 0.272 e. The zero-order valence-corrected chi connectivity index (χ0v) is 11.1. The molecule has 1 heterocycles. The third-order valence-electron chi connectivity index (χ3n) is 2.43. The van der Waals surface area contributed by atoms with Crippen LogP contribution in [0.2, 0.25) is 10.0 Å². The third kappa shape index (κ3) is 3.33. The molecule has 0 aliphatic rings. The first-order valence-corrected chi connectivity index (χ1v) is 6.09. The van der Waals surface area contributed by atoms with Crippen LogP contribution < -0.4 is 5.32 Å². The standard InChI is InChI=1S/C12H9Cl2N3O2/c13-10-4-9(17(18)19)5-11(14)12(10)16-7-8-2-1-3-15-6-8/h1-6,16H,7H2. The number of rotatable bonds is 4. The summed E-state index contributed by atoms with van der Waals surface area (Å²) >= 11 is 12.0. The largest absolute Gasteiger partial charge is 0.378 e. The Kier molecular flexibility index (Phi) is 4.19. The van der Waals surface area contributed by atoms with Gasteiger partial charge in [0.2, 0.25) is 0 Å². The van der Waals surface area contributed by atoms with Crippen molar-refractivity contribution >= 4 is 34.6 Å². The van der Waals surface area contributed by atoms with Crippen LogP contribution in [0.3, 0.4) is 0 Å². The second-order valence-electron chi connectivity index (χ2n) is 3.76. The summed E-state index contributed by atoms with van der Waals surface area (Å²) in [5.41, 5.74) is 1.28. The van der Waals surface area contributed by atoms with Crippen LogP contribution >= 0.6 is 23.2 Å². The fourth-order valence-electron chi connectivity index (χ4n) is 1.53. The summed E-state index contributed by atoms with van der Waals surface area (Å²) in [5, 5.41) is 14.1. The van der Waals surface area contributed by atoms with Gasteiger partial charge in [0.05, 0.1) is 20.7 Å². The number of nitro groups is 1. The lowest BCUT2D eigenvalue weighted by molar-refractivity contribution is -0.384. The molecule has 5 nitrogen and oxygen atoms in total. The number of halogens is 2. The van der Waals surface area contributed by atoms with E-state index in [1.165, 1.54) is 12.1 Å². The van der Waals surface area contributed by atoms with E-state index < -0.39 is 4.92 Å². The van der Waals surface area contributed by atoms with Crippen molar-refractivity contribution < 1.29 is 4.92 Å². The van der Waals surface area contributed by atoms with Gasteiger partial charge in [0, 0.05) is 31.1 Å². The van der Waals surface area contributed by atoms with Crippen molar-refractivity contribution in [3.63, 3.8) is 0 Å². The molecule has 0 unspecified atom stereocenters. The van der Waals surface area contributed by atoms with E-state index in [1.54, 1.807) is 12.4 Å².